The molecule has 0 saturated carbocycles. The summed E-state index contributed by atoms with van der Waals surface area (Å²) in [5.74, 6) is 0.727. The van der Waals surface area contributed by atoms with Crippen LogP contribution in [0.3, 0.4) is 0 Å². The van der Waals surface area contributed by atoms with Crippen molar-refractivity contribution in [3.63, 3.8) is 0 Å². The van der Waals surface area contributed by atoms with Crippen molar-refractivity contribution in [1.29, 1.82) is 0 Å². The van der Waals surface area contributed by atoms with Crippen LogP contribution in [0.1, 0.15) is 33.1 Å². The molecule has 0 aromatic heterocycles. The number of piperidine rings is 1. The van der Waals surface area contributed by atoms with Gasteiger partial charge >= 0.3 is 7.75 Å². The lowest BCUT2D eigenvalue weighted by molar-refractivity contribution is 0.145. The molecular formula is C12H27N2O3P. The SMILES string of the molecule is CCOP(=O)(OCC)N1CCC(CCNC)CC1. The Morgan fingerprint density at radius 1 is 1.22 bits per heavy atom. The maximum absolute atomic E-state index is 12.6. The minimum atomic E-state index is -3.03. The summed E-state index contributed by atoms with van der Waals surface area (Å²) >= 11 is 0. The van der Waals surface area contributed by atoms with E-state index in [0.717, 1.165) is 38.4 Å². The van der Waals surface area contributed by atoms with E-state index >= 15 is 0 Å². The fraction of sp³-hybridized carbons (Fsp3) is 1.00. The van der Waals surface area contributed by atoms with E-state index in [1.165, 1.54) is 6.42 Å². The largest absolute Gasteiger partial charge is 0.408 e. The second-order valence-electron chi connectivity index (χ2n) is 4.59. The highest BCUT2D eigenvalue weighted by Crippen LogP contribution is 2.53. The zero-order chi connectivity index (χ0) is 13.4. The lowest BCUT2D eigenvalue weighted by Gasteiger charge is -2.35. The molecule has 0 atom stereocenters. The molecule has 5 nitrogen and oxygen atoms in total. The van der Waals surface area contributed by atoms with E-state index in [-0.39, 0.29) is 0 Å². The van der Waals surface area contributed by atoms with Crippen LogP contribution in [0.4, 0.5) is 0 Å². The lowest BCUT2D eigenvalue weighted by atomic mass is 9.95. The van der Waals surface area contributed by atoms with Gasteiger partial charge in [-0.25, -0.2) is 9.24 Å². The Morgan fingerprint density at radius 3 is 2.22 bits per heavy atom. The molecule has 1 aliphatic rings. The number of hydrogen-bond acceptors (Lipinski definition) is 4. The molecule has 0 aliphatic carbocycles. The van der Waals surface area contributed by atoms with Crippen molar-refractivity contribution in [3.8, 4) is 0 Å². The van der Waals surface area contributed by atoms with Crippen molar-refractivity contribution >= 4 is 7.75 Å². The highest BCUT2D eigenvalue weighted by atomic mass is 31.2. The summed E-state index contributed by atoms with van der Waals surface area (Å²) in [6, 6.07) is 0. The Morgan fingerprint density at radius 2 is 1.78 bits per heavy atom. The molecule has 6 heteroatoms. The molecule has 0 spiro atoms. The standard InChI is InChI=1S/C12H27N2O3P/c1-4-16-18(15,17-5-2)14-10-7-12(8-11-14)6-9-13-3/h12-13H,4-11H2,1-3H3. The van der Waals surface area contributed by atoms with Crippen LogP contribution in [-0.4, -0.2) is 44.6 Å². The molecule has 1 N–H and O–H groups in total. The van der Waals surface area contributed by atoms with Crippen LogP contribution in [0.2, 0.25) is 0 Å². The molecule has 0 aromatic rings. The van der Waals surface area contributed by atoms with Gasteiger partial charge in [-0.2, -0.15) is 0 Å². The van der Waals surface area contributed by atoms with Gasteiger partial charge in [0.15, 0.2) is 0 Å². The third-order valence-corrected chi connectivity index (χ3v) is 5.59. The fourth-order valence-electron chi connectivity index (χ4n) is 2.33. The fourth-order valence-corrected chi connectivity index (χ4v) is 4.10. The number of hydrogen-bond donors (Lipinski definition) is 1. The van der Waals surface area contributed by atoms with Crippen LogP contribution in [0.25, 0.3) is 0 Å². The average Bonchev–Trinajstić information content (AvgIpc) is 2.37. The molecule has 18 heavy (non-hydrogen) atoms. The minimum absolute atomic E-state index is 0.428. The Labute approximate surface area is 111 Å². The van der Waals surface area contributed by atoms with Crippen LogP contribution < -0.4 is 5.32 Å². The summed E-state index contributed by atoms with van der Waals surface area (Å²) in [4.78, 5) is 0. The Hall–Kier alpha value is 0.0700. The van der Waals surface area contributed by atoms with Crippen molar-refractivity contribution in [2.45, 2.75) is 33.1 Å². The van der Waals surface area contributed by atoms with Crippen molar-refractivity contribution in [3.05, 3.63) is 0 Å². The molecule has 0 amide bonds. The van der Waals surface area contributed by atoms with E-state index in [1.54, 1.807) is 0 Å². The maximum Gasteiger partial charge on any atom is 0.408 e. The van der Waals surface area contributed by atoms with Gasteiger partial charge in [-0.05, 0) is 52.6 Å². The Kier molecular flexibility index (Phi) is 7.42. The van der Waals surface area contributed by atoms with Gasteiger partial charge in [0.2, 0.25) is 0 Å². The van der Waals surface area contributed by atoms with E-state index < -0.39 is 7.75 Å². The highest BCUT2D eigenvalue weighted by Gasteiger charge is 2.35. The third kappa shape index (κ3) is 4.63. The maximum atomic E-state index is 12.6. The highest BCUT2D eigenvalue weighted by molar-refractivity contribution is 7.51. The molecule has 0 bridgehead atoms. The Bertz CT molecular complexity index is 258. The molecule has 1 rings (SSSR count). The summed E-state index contributed by atoms with van der Waals surface area (Å²) < 4.78 is 25.2. The van der Waals surface area contributed by atoms with Crippen molar-refractivity contribution < 1.29 is 13.6 Å². The van der Waals surface area contributed by atoms with Crippen molar-refractivity contribution in [2.24, 2.45) is 5.92 Å². The predicted octanol–water partition coefficient (Wildman–Crippen LogP) is 2.49. The van der Waals surface area contributed by atoms with Crippen molar-refractivity contribution in [2.75, 3.05) is 39.9 Å². The summed E-state index contributed by atoms with van der Waals surface area (Å²) in [6.07, 6.45) is 3.34. The smallest absolute Gasteiger partial charge is 0.320 e. The molecular weight excluding hydrogens is 251 g/mol. The second kappa shape index (κ2) is 8.28. The summed E-state index contributed by atoms with van der Waals surface area (Å²) in [6.45, 7) is 7.24. The van der Waals surface area contributed by atoms with E-state index in [4.69, 9.17) is 9.05 Å². The Balaban J connectivity index is 2.46. The number of nitrogens with zero attached hydrogens (tertiary/aromatic N) is 1. The van der Waals surface area contributed by atoms with E-state index in [9.17, 15) is 4.57 Å². The molecule has 1 saturated heterocycles. The van der Waals surface area contributed by atoms with Gasteiger partial charge in [-0.1, -0.05) is 0 Å². The molecule has 108 valence electrons. The predicted molar refractivity (Wildman–Crippen MR) is 73.7 cm³/mol. The first-order chi connectivity index (χ1) is 8.66. The van der Waals surface area contributed by atoms with Gasteiger partial charge in [0.05, 0.1) is 13.2 Å². The lowest BCUT2D eigenvalue weighted by Crippen LogP contribution is -2.33. The van der Waals surface area contributed by atoms with Crippen LogP contribution in [0, 0.1) is 5.92 Å². The van der Waals surface area contributed by atoms with Gasteiger partial charge in [0.1, 0.15) is 0 Å². The number of rotatable bonds is 8. The zero-order valence-corrected chi connectivity index (χ0v) is 12.7. The molecule has 0 aromatic carbocycles. The first-order valence-electron chi connectivity index (χ1n) is 6.95. The number of nitrogens with one attached hydrogen (secondary N) is 1. The second-order valence-corrected chi connectivity index (χ2v) is 6.61. The summed E-state index contributed by atoms with van der Waals surface area (Å²) in [5, 5.41) is 3.18. The van der Waals surface area contributed by atoms with Gasteiger partial charge in [-0.15, -0.1) is 0 Å². The molecule has 0 unspecified atom stereocenters. The van der Waals surface area contributed by atoms with Gasteiger partial charge < -0.3 is 5.32 Å². The average molecular weight is 278 g/mol. The van der Waals surface area contributed by atoms with Gasteiger partial charge in [-0.3, -0.25) is 9.05 Å². The van der Waals surface area contributed by atoms with Gasteiger partial charge in [0, 0.05) is 13.1 Å². The molecule has 1 fully saturated rings. The van der Waals surface area contributed by atoms with E-state index in [2.05, 4.69) is 5.32 Å². The first-order valence-corrected chi connectivity index (χ1v) is 8.45. The third-order valence-electron chi connectivity index (χ3n) is 3.32. The zero-order valence-electron chi connectivity index (χ0n) is 11.9. The van der Waals surface area contributed by atoms with Gasteiger partial charge in [0.25, 0.3) is 0 Å². The first kappa shape index (κ1) is 16.1. The normalized spacial score (nSPS) is 19.3. The minimum Gasteiger partial charge on any atom is -0.320 e. The molecule has 1 aliphatic heterocycles. The van der Waals surface area contributed by atoms with Crippen LogP contribution >= 0.6 is 7.75 Å². The summed E-state index contributed by atoms with van der Waals surface area (Å²) in [5.41, 5.74) is 0. The summed E-state index contributed by atoms with van der Waals surface area (Å²) in [7, 11) is -1.05. The van der Waals surface area contributed by atoms with E-state index in [1.807, 2.05) is 25.6 Å². The van der Waals surface area contributed by atoms with Crippen molar-refractivity contribution in [1.82, 2.24) is 9.99 Å². The monoisotopic (exact) mass is 278 g/mol. The topological polar surface area (TPSA) is 50.8 Å². The van der Waals surface area contributed by atoms with Crippen LogP contribution in [0.15, 0.2) is 0 Å². The molecule has 0 radical (unpaired) electrons. The van der Waals surface area contributed by atoms with Crippen LogP contribution in [0.5, 0.6) is 0 Å². The quantitative estimate of drug-likeness (QED) is 0.691. The van der Waals surface area contributed by atoms with Crippen LogP contribution in [-0.2, 0) is 13.6 Å². The van der Waals surface area contributed by atoms with E-state index in [0.29, 0.717) is 13.2 Å². The molecule has 1 heterocycles.